The van der Waals surface area contributed by atoms with Gasteiger partial charge in [0.2, 0.25) is 5.91 Å². The molecule has 1 fully saturated rings. The number of hydrogen-bond acceptors (Lipinski definition) is 4. The van der Waals surface area contributed by atoms with Crippen molar-refractivity contribution < 1.29 is 9.53 Å². The van der Waals surface area contributed by atoms with E-state index in [1.54, 1.807) is 4.68 Å². The highest BCUT2D eigenvalue weighted by molar-refractivity contribution is 5.98. The number of carbonyl (C=O) groups is 1. The molecule has 0 aliphatic carbocycles. The summed E-state index contributed by atoms with van der Waals surface area (Å²) in [4.78, 5) is 12.1. The molecule has 0 bridgehead atoms. The van der Waals surface area contributed by atoms with Gasteiger partial charge < -0.3 is 15.4 Å². The van der Waals surface area contributed by atoms with Gasteiger partial charge in [-0.2, -0.15) is 5.10 Å². The van der Waals surface area contributed by atoms with Crippen LogP contribution >= 0.6 is 0 Å². The lowest BCUT2D eigenvalue weighted by molar-refractivity contribution is -0.119. The molecule has 2 unspecified atom stereocenters. The van der Waals surface area contributed by atoms with Gasteiger partial charge in [-0.15, -0.1) is 0 Å². The largest absolute Gasteiger partial charge is 0.378 e. The van der Waals surface area contributed by atoms with Gasteiger partial charge in [0.05, 0.1) is 30.9 Å². The fourth-order valence-corrected chi connectivity index (χ4v) is 2.47. The summed E-state index contributed by atoms with van der Waals surface area (Å²) in [7, 11) is 1.88. The zero-order valence-electron chi connectivity index (χ0n) is 9.99. The van der Waals surface area contributed by atoms with Crippen LogP contribution in [-0.2, 0) is 23.0 Å². The quantitative estimate of drug-likeness (QED) is 0.739. The molecular weight excluding hydrogens is 220 g/mol. The predicted octanol–water partition coefficient (Wildman–Crippen LogP) is 0.361. The Bertz CT molecular complexity index is 468. The summed E-state index contributed by atoms with van der Waals surface area (Å²) in [5, 5.41) is 10.7. The summed E-state index contributed by atoms with van der Waals surface area (Å²) in [6, 6.07) is 0.0522. The van der Waals surface area contributed by atoms with Crippen LogP contribution in [0.2, 0.25) is 0 Å². The first kappa shape index (κ1) is 10.6. The van der Waals surface area contributed by atoms with E-state index in [0.29, 0.717) is 13.2 Å². The summed E-state index contributed by atoms with van der Waals surface area (Å²) < 4.78 is 7.14. The summed E-state index contributed by atoms with van der Waals surface area (Å²) in [6.45, 7) is 3.10. The van der Waals surface area contributed by atoms with Crippen molar-refractivity contribution >= 4 is 17.4 Å². The molecular formula is C11H16N4O2. The first-order chi connectivity index (χ1) is 8.20. The lowest BCUT2D eigenvalue weighted by atomic mass is 10.0. The second-order valence-corrected chi connectivity index (χ2v) is 4.53. The number of aryl methyl sites for hydroxylation is 2. The van der Waals surface area contributed by atoms with Gasteiger partial charge in [-0.1, -0.05) is 6.92 Å². The van der Waals surface area contributed by atoms with Crippen molar-refractivity contribution in [2.45, 2.75) is 19.4 Å². The molecule has 2 aliphatic rings. The van der Waals surface area contributed by atoms with Gasteiger partial charge in [0.15, 0.2) is 0 Å². The van der Waals surface area contributed by atoms with Crippen LogP contribution in [-0.4, -0.2) is 34.9 Å². The van der Waals surface area contributed by atoms with Crippen molar-refractivity contribution in [1.82, 2.24) is 9.78 Å². The number of nitrogens with zero attached hydrogens (tertiary/aromatic N) is 2. The number of fused-ring (bicyclic) bond motifs is 2. The van der Waals surface area contributed by atoms with E-state index in [4.69, 9.17) is 4.74 Å². The van der Waals surface area contributed by atoms with E-state index in [1.807, 2.05) is 14.0 Å². The van der Waals surface area contributed by atoms with Crippen LogP contribution in [0.25, 0.3) is 0 Å². The van der Waals surface area contributed by atoms with Crippen LogP contribution in [0.3, 0.4) is 0 Å². The van der Waals surface area contributed by atoms with Crippen molar-refractivity contribution in [3.8, 4) is 0 Å². The van der Waals surface area contributed by atoms with E-state index in [0.717, 1.165) is 23.6 Å². The van der Waals surface area contributed by atoms with E-state index in [9.17, 15) is 4.79 Å². The summed E-state index contributed by atoms with van der Waals surface area (Å²) in [6.07, 6.45) is 0.803. The van der Waals surface area contributed by atoms with Gasteiger partial charge >= 0.3 is 0 Å². The molecule has 0 spiro atoms. The number of amides is 1. The highest BCUT2D eigenvalue weighted by Crippen LogP contribution is 2.32. The Morgan fingerprint density at radius 3 is 3.12 bits per heavy atom. The molecule has 1 aromatic heterocycles. The molecule has 6 heteroatoms. The van der Waals surface area contributed by atoms with E-state index >= 15 is 0 Å². The van der Waals surface area contributed by atoms with E-state index in [1.165, 1.54) is 0 Å². The minimum absolute atomic E-state index is 0.0291. The number of rotatable bonds is 1. The number of nitrogens with one attached hydrogen (secondary N) is 2. The topological polar surface area (TPSA) is 68.2 Å². The molecule has 17 heavy (non-hydrogen) atoms. The molecule has 2 aliphatic heterocycles. The molecule has 3 rings (SSSR count). The monoisotopic (exact) mass is 236 g/mol. The minimum Gasteiger partial charge on any atom is -0.378 e. The highest BCUT2D eigenvalue weighted by atomic mass is 16.5. The molecule has 1 aromatic rings. The maximum Gasteiger partial charge on any atom is 0.232 e. The molecule has 3 heterocycles. The Kier molecular flexibility index (Phi) is 2.32. The van der Waals surface area contributed by atoms with E-state index in [2.05, 4.69) is 15.7 Å². The molecule has 0 aromatic carbocycles. The average Bonchev–Trinajstić information content (AvgIpc) is 2.85. The van der Waals surface area contributed by atoms with Gasteiger partial charge in [0.25, 0.3) is 0 Å². The summed E-state index contributed by atoms with van der Waals surface area (Å²) >= 11 is 0. The molecule has 0 radical (unpaired) electrons. The lowest BCUT2D eigenvalue weighted by Crippen LogP contribution is -2.34. The van der Waals surface area contributed by atoms with Crippen LogP contribution in [0.5, 0.6) is 0 Å². The Morgan fingerprint density at radius 1 is 1.53 bits per heavy atom. The number of ether oxygens (including phenoxy) is 1. The van der Waals surface area contributed by atoms with E-state index < -0.39 is 0 Å². The molecule has 2 atom stereocenters. The third-order valence-electron chi connectivity index (χ3n) is 3.44. The van der Waals surface area contributed by atoms with Crippen molar-refractivity contribution in [2.24, 2.45) is 13.0 Å². The van der Waals surface area contributed by atoms with Crippen LogP contribution in [0.1, 0.15) is 12.6 Å². The normalized spacial score (nSPS) is 26.8. The Balaban J connectivity index is 2.04. The van der Waals surface area contributed by atoms with Crippen molar-refractivity contribution in [1.29, 1.82) is 0 Å². The van der Waals surface area contributed by atoms with Crippen molar-refractivity contribution in [3.05, 3.63) is 5.69 Å². The second-order valence-electron chi connectivity index (χ2n) is 4.53. The number of aromatic nitrogens is 2. The molecule has 1 saturated heterocycles. The zero-order valence-corrected chi connectivity index (χ0v) is 9.99. The maximum atomic E-state index is 12.1. The zero-order chi connectivity index (χ0) is 12.0. The van der Waals surface area contributed by atoms with Gasteiger partial charge in [-0.3, -0.25) is 9.48 Å². The molecule has 2 N–H and O–H groups in total. The molecule has 92 valence electrons. The lowest BCUT2D eigenvalue weighted by Gasteiger charge is -2.14. The van der Waals surface area contributed by atoms with Crippen LogP contribution in [0.15, 0.2) is 0 Å². The van der Waals surface area contributed by atoms with Gasteiger partial charge in [-0.05, 0) is 6.42 Å². The van der Waals surface area contributed by atoms with Crippen LogP contribution < -0.4 is 10.6 Å². The number of carbonyl (C=O) groups excluding carboxylic acids is 1. The Hall–Kier alpha value is -1.56. The first-order valence-corrected chi connectivity index (χ1v) is 5.91. The van der Waals surface area contributed by atoms with Crippen molar-refractivity contribution in [2.75, 3.05) is 23.8 Å². The van der Waals surface area contributed by atoms with Crippen molar-refractivity contribution in [3.63, 3.8) is 0 Å². The van der Waals surface area contributed by atoms with Gasteiger partial charge in [0.1, 0.15) is 11.5 Å². The first-order valence-electron chi connectivity index (χ1n) is 5.91. The number of hydrogen-bond donors (Lipinski definition) is 2. The maximum absolute atomic E-state index is 12.1. The molecule has 6 nitrogen and oxygen atoms in total. The second kappa shape index (κ2) is 3.73. The van der Waals surface area contributed by atoms with Crippen LogP contribution in [0.4, 0.5) is 11.5 Å². The SMILES string of the molecule is CCc1nn(C)c2c1NC(=O)C1COCC1N2. The smallest absolute Gasteiger partial charge is 0.232 e. The van der Waals surface area contributed by atoms with Gasteiger partial charge in [-0.25, -0.2) is 0 Å². The third-order valence-corrected chi connectivity index (χ3v) is 3.44. The summed E-state index contributed by atoms with van der Waals surface area (Å²) in [5.74, 6) is 0.807. The van der Waals surface area contributed by atoms with E-state index in [-0.39, 0.29) is 17.9 Å². The highest BCUT2D eigenvalue weighted by Gasteiger charge is 2.38. The fourth-order valence-electron chi connectivity index (χ4n) is 2.47. The fraction of sp³-hybridized carbons (Fsp3) is 0.636. The number of anilines is 2. The molecule has 0 saturated carbocycles. The predicted molar refractivity (Wildman–Crippen MR) is 62.9 cm³/mol. The Labute approximate surface area is 99.3 Å². The molecule has 1 amide bonds. The standard InChI is InChI=1S/C11H16N4O2/c1-3-7-9-10(15(2)14-7)12-8-5-17-4-6(8)11(16)13-9/h6,8,12H,3-5H2,1-2H3,(H,13,16). The average molecular weight is 236 g/mol. The summed E-state index contributed by atoms with van der Waals surface area (Å²) in [5.41, 5.74) is 1.75. The minimum atomic E-state index is -0.105. The van der Waals surface area contributed by atoms with Crippen LogP contribution in [0, 0.1) is 5.92 Å². The van der Waals surface area contributed by atoms with Gasteiger partial charge in [0, 0.05) is 7.05 Å². The Morgan fingerprint density at radius 2 is 2.35 bits per heavy atom. The third kappa shape index (κ3) is 1.51.